The molecule has 1 aromatic rings. The molecule has 0 spiro atoms. The van der Waals surface area contributed by atoms with Gasteiger partial charge in [0.05, 0.1) is 5.56 Å². The molecular formula is C10H6F4O2. The van der Waals surface area contributed by atoms with Crippen LogP contribution >= 0.6 is 0 Å². The summed E-state index contributed by atoms with van der Waals surface area (Å²) in [6, 6.07) is 0.803. The average molecular weight is 234 g/mol. The predicted molar refractivity (Wildman–Crippen MR) is 46.8 cm³/mol. The zero-order chi connectivity index (χ0) is 12.5. The second kappa shape index (κ2) is 4.03. The third kappa shape index (κ3) is 2.26. The molecule has 0 N–H and O–H groups in total. The minimum atomic E-state index is -4.87. The van der Waals surface area contributed by atoms with Gasteiger partial charge in [-0.3, -0.25) is 9.59 Å². The van der Waals surface area contributed by atoms with Crippen molar-refractivity contribution in [3.8, 4) is 0 Å². The maximum absolute atomic E-state index is 12.9. The number of carbonyl (C=O) groups excluding carboxylic acids is 2. The summed E-state index contributed by atoms with van der Waals surface area (Å²) in [5.41, 5.74) is -2.84. The van der Waals surface area contributed by atoms with Crippen molar-refractivity contribution in [2.24, 2.45) is 0 Å². The lowest BCUT2D eigenvalue weighted by atomic mass is 9.99. The number of alkyl halides is 3. The van der Waals surface area contributed by atoms with Gasteiger partial charge in [-0.05, 0) is 19.1 Å². The quantitative estimate of drug-likeness (QED) is 0.448. The van der Waals surface area contributed by atoms with Crippen molar-refractivity contribution in [1.29, 1.82) is 0 Å². The monoisotopic (exact) mass is 234 g/mol. The first-order valence-corrected chi connectivity index (χ1v) is 4.14. The fourth-order valence-corrected chi connectivity index (χ4v) is 1.27. The number of hydrogen-bond acceptors (Lipinski definition) is 2. The fourth-order valence-electron chi connectivity index (χ4n) is 1.27. The Bertz CT molecular complexity index is 449. The standard InChI is InChI=1S/C10H6F4O2/c1-5(16)7-2-6(11)3-9(8(7)4-15)10(12,13)14/h2-4H,1H3. The molecule has 0 saturated heterocycles. The van der Waals surface area contributed by atoms with E-state index in [9.17, 15) is 27.2 Å². The summed E-state index contributed by atoms with van der Waals surface area (Å²) >= 11 is 0. The van der Waals surface area contributed by atoms with Gasteiger partial charge in [-0.25, -0.2) is 4.39 Å². The molecule has 0 aliphatic heterocycles. The van der Waals surface area contributed by atoms with Crippen molar-refractivity contribution in [2.75, 3.05) is 0 Å². The molecule has 16 heavy (non-hydrogen) atoms. The van der Waals surface area contributed by atoms with Crippen molar-refractivity contribution >= 4 is 12.1 Å². The van der Waals surface area contributed by atoms with Gasteiger partial charge in [0.15, 0.2) is 12.1 Å². The van der Waals surface area contributed by atoms with Crippen molar-refractivity contribution in [1.82, 2.24) is 0 Å². The van der Waals surface area contributed by atoms with Crippen LogP contribution < -0.4 is 0 Å². The van der Waals surface area contributed by atoms with Gasteiger partial charge in [0, 0.05) is 11.1 Å². The van der Waals surface area contributed by atoms with Crippen LogP contribution in [0.15, 0.2) is 12.1 Å². The second-order valence-corrected chi connectivity index (χ2v) is 3.09. The van der Waals surface area contributed by atoms with Gasteiger partial charge in [0.25, 0.3) is 0 Å². The third-order valence-electron chi connectivity index (χ3n) is 1.95. The van der Waals surface area contributed by atoms with Crippen LogP contribution in [-0.4, -0.2) is 12.1 Å². The molecule has 1 rings (SSSR count). The summed E-state index contributed by atoms with van der Waals surface area (Å²) in [5, 5.41) is 0. The third-order valence-corrected chi connectivity index (χ3v) is 1.95. The van der Waals surface area contributed by atoms with Crippen molar-refractivity contribution in [3.63, 3.8) is 0 Å². The Morgan fingerprint density at radius 3 is 2.25 bits per heavy atom. The van der Waals surface area contributed by atoms with Gasteiger partial charge in [-0.15, -0.1) is 0 Å². The van der Waals surface area contributed by atoms with Gasteiger partial charge < -0.3 is 0 Å². The minimum Gasteiger partial charge on any atom is -0.298 e. The molecule has 86 valence electrons. The molecule has 0 unspecified atom stereocenters. The molecule has 0 aliphatic carbocycles. The summed E-state index contributed by atoms with van der Waals surface area (Å²) in [4.78, 5) is 21.5. The highest BCUT2D eigenvalue weighted by molar-refractivity contribution is 6.02. The number of hydrogen-bond donors (Lipinski definition) is 0. The van der Waals surface area contributed by atoms with E-state index >= 15 is 0 Å². The molecule has 0 amide bonds. The molecule has 0 saturated carbocycles. The number of aldehydes is 1. The largest absolute Gasteiger partial charge is 0.417 e. The van der Waals surface area contributed by atoms with Gasteiger partial charge in [0.2, 0.25) is 0 Å². The minimum absolute atomic E-state index is 0.0982. The Balaban J connectivity index is 3.61. The zero-order valence-corrected chi connectivity index (χ0v) is 8.06. The van der Waals surface area contributed by atoms with Crippen LogP contribution in [0, 0.1) is 5.82 Å². The summed E-state index contributed by atoms with van der Waals surface area (Å²) in [6.07, 6.45) is -4.97. The first kappa shape index (κ1) is 12.4. The Hall–Kier alpha value is -1.72. The topological polar surface area (TPSA) is 34.1 Å². The number of halogens is 4. The van der Waals surface area contributed by atoms with E-state index in [1.54, 1.807) is 0 Å². The lowest BCUT2D eigenvalue weighted by molar-refractivity contribution is -0.138. The molecule has 0 heterocycles. The van der Waals surface area contributed by atoms with Gasteiger partial charge in [-0.2, -0.15) is 13.2 Å². The van der Waals surface area contributed by atoms with E-state index in [1.807, 2.05) is 0 Å². The summed E-state index contributed by atoms with van der Waals surface area (Å²) in [7, 11) is 0. The van der Waals surface area contributed by atoms with Crippen LogP contribution in [0.1, 0.15) is 33.2 Å². The Kier molecular flexibility index (Phi) is 3.11. The van der Waals surface area contributed by atoms with Gasteiger partial charge in [-0.1, -0.05) is 0 Å². The van der Waals surface area contributed by atoms with Crippen LogP contribution in [0.5, 0.6) is 0 Å². The normalized spacial score (nSPS) is 11.3. The summed E-state index contributed by atoms with van der Waals surface area (Å²) in [5.74, 6) is -2.00. The second-order valence-electron chi connectivity index (χ2n) is 3.09. The van der Waals surface area contributed by atoms with Gasteiger partial charge in [0.1, 0.15) is 5.82 Å². The van der Waals surface area contributed by atoms with E-state index < -0.39 is 34.5 Å². The molecule has 0 bridgehead atoms. The van der Waals surface area contributed by atoms with Crippen molar-refractivity contribution in [2.45, 2.75) is 13.1 Å². The predicted octanol–water partition coefficient (Wildman–Crippen LogP) is 2.86. The fraction of sp³-hybridized carbons (Fsp3) is 0.200. The highest BCUT2D eigenvalue weighted by Crippen LogP contribution is 2.33. The van der Waals surface area contributed by atoms with Crippen molar-refractivity contribution < 1.29 is 27.2 Å². The maximum Gasteiger partial charge on any atom is 0.417 e. The molecule has 0 radical (unpaired) electrons. The first-order valence-electron chi connectivity index (χ1n) is 4.14. The number of benzene rings is 1. The van der Waals surface area contributed by atoms with E-state index in [2.05, 4.69) is 0 Å². The van der Waals surface area contributed by atoms with Crippen LogP contribution in [0.4, 0.5) is 17.6 Å². The van der Waals surface area contributed by atoms with E-state index in [0.29, 0.717) is 6.07 Å². The van der Waals surface area contributed by atoms with Crippen LogP contribution in [0.3, 0.4) is 0 Å². The molecule has 6 heteroatoms. The Morgan fingerprint density at radius 2 is 1.88 bits per heavy atom. The number of Topliss-reactive ketones (excluding diaryl/α,β-unsaturated/α-hetero) is 1. The van der Waals surface area contributed by atoms with Crippen molar-refractivity contribution in [3.05, 3.63) is 34.6 Å². The van der Waals surface area contributed by atoms with Crippen LogP contribution in [-0.2, 0) is 6.18 Å². The molecule has 0 aromatic heterocycles. The number of rotatable bonds is 2. The van der Waals surface area contributed by atoms with Gasteiger partial charge >= 0.3 is 6.18 Å². The average Bonchev–Trinajstić information content (AvgIpc) is 2.14. The molecule has 0 aliphatic rings. The number of carbonyl (C=O) groups is 2. The molecule has 0 fully saturated rings. The number of ketones is 1. The lowest BCUT2D eigenvalue weighted by Gasteiger charge is -2.11. The molecule has 1 aromatic carbocycles. The van der Waals surface area contributed by atoms with E-state index in [1.165, 1.54) is 0 Å². The molecule has 2 nitrogen and oxygen atoms in total. The smallest absolute Gasteiger partial charge is 0.298 e. The zero-order valence-electron chi connectivity index (χ0n) is 8.06. The Labute approximate surface area is 87.9 Å². The highest BCUT2D eigenvalue weighted by atomic mass is 19.4. The summed E-state index contributed by atoms with van der Waals surface area (Å²) < 4.78 is 50.1. The Morgan fingerprint density at radius 1 is 1.31 bits per heavy atom. The summed E-state index contributed by atoms with van der Waals surface area (Å²) in [6.45, 7) is 0.960. The highest BCUT2D eigenvalue weighted by Gasteiger charge is 2.35. The SMILES string of the molecule is CC(=O)c1cc(F)cc(C(F)(F)F)c1C=O. The first-order chi connectivity index (χ1) is 7.27. The molecular weight excluding hydrogens is 228 g/mol. The van der Waals surface area contributed by atoms with Crippen LogP contribution in [0.25, 0.3) is 0 Å². The van der Waals surface area contributed by atoms with Crippen LogP contribution in [0.2, 0.25) is 0 Å². The lowest BCUT2D eigenvalue weighted by Crippen LogP contribution is -2.13. The van der Waals surface area contributed by atoms with E-state index in [0.717, 1.165) is 6.92 Å². The molecule has 0 atom stereocenters. The van der Waals surface area contributed by atoms with E-state index in [4.69, 9.17) is 0 Å². The van der Waals surface area contributed by atoms with E-state index in [-0.39, 0.29) is 12.4 Å². The maximum atomic E-state index is 12.9.